The van der Waals surface area contributed by atoms with E-state index in [4.69, 9.17) is 10.00 Å². The molecular weight excluding hydrogens is 176 g/mol. The van der Waals surface area contributed by atoms with Crippen LogP contribution in [0.2, 0.25) is 0 Å². The van der Waals surface area contributed by atoms with Crippen LogP contribution >= 0.6 is 0 Å². The van der Waals surface area contributed by atoms with Gasteiger partial charge in [-0.15, -0.1) is 0 Å². The molecule has 1 heterocycles. The maximum Gasteiger partial charge on any atom is 0.140 e. The number of aromatic nitrogens is 1. The van der Waals surface area contributed by atoms with Crippen molar-refractivity contribution in [3.05, 3.63) is 29.6 Å². The van der Waals surface area contributed by atoms with Gasteiger partial charge in [-0.1, -0.05) is 0 Å². The zero-order chi connectivity index (χ0) is 9.80. The van der Waals surface area contributed by atoms with Crippen molar-refractivity contribution in [2.45, 2.75) is 19.4 Å². The number of hydrogen-bond donors (Lipinski definition) is 0. The van der Waals surface area contributed by atoms with Crippen molar-refractivity contribution < 1.29 is 4.74 Å². The first kappa shape index (κ1) is 9.17. The predicted octanol–water partition coefficient (Wildman–Crippen LogP) is 1.88. The summed E-state index contributed by atoms with van der Waals surface area (Å²) in [5, 5.41) is 8.63. The average Bonchev–Trinajstić information content (AvgIpc) is 3.02. The van der Waals surface area contributed by atoms with Gasteiger partial charge in [0.2, 0.25) is 0 Å². The van der Waals surface area contributed by atoms with Gasteiger partial charge in [0.15, 0.2) is 0 Å². The van der Waals surface area contributed by atoms with Crippen molar-refractivity contribution in [3.8, 4) is 6.07 Å². The number of nitrogens with zero attached hydrogens (tertiary/aromatic N) is 2. The van der Waals surface area contributed by atoms with Crippen molar-refractivity contribution in [2.75, 3.05) is 6.61 Å². The Labute approximate surface area is 83.3 Å². The van der Waals surface area contributed by atoms with Crippen LogP contribution < -0.4 is 0 Å². The normalized spacial score (nSPS) is 15.1. The lowest BCUT2D eigenvalue weighted by molar-refractivity contribution is 0.111. The second-order valence-corrected chi connectivity index (χ2v) is 3.62. The van der Waals surface area contributed by atoms with E-state index in [2.05, 4.69) is 4.98 Å². The van der Waals surface area contributed by atoms with E-state index in [1.165, 1.54) is 12.8 Å². The molecule has 1 fully saturated rings. The first-order valence-corrected chi connectivity index (χ1v) is 4.81. The van der Waals surface area contributed by atoms with Crippen LogP contribution in [0, 0.1) is 17.2 Å². The lowest BCUT2D eigenvalue weighted by atomic mass is 10.2. The fraction of sp³-hybridized carbons (Fsp3) is 0.455. The molecule has 0 aromatic carbocycles. The maximum absolute atomic E-state index is 8.63. The SMILES string of the molecule is N#Cc1cc(COCC2CC2)ccn1. The molecule has 3 nitrogen and oxygen atoms in total. The first-order chi connectivity index (χ1) is 6.88. The Morgan fingerprint density at radius 3 is 3.14 bits per heavy atom. The van der Waals surface area contributed by atoms with Gasteiger partial charge >= 0.3 is 0 Å². The molecule has 0 aliphatic heterocycles. The van der Waals surface area contributed by atoms with Gasteiger partial charge in [-0.3, -0.25) is 0 Å². The molecule has 72 valence electrons. The smallest absolute Gasteiger partial charge is 0.140 e. The molecule has 1 aromatic rings. The van der Waals surface area contributed by atoms with Gasteiger partial charge in [0, 0.05) is 12.8 Å². The van der Waals surface area contributed by atoms with Gasteiger partial charge in [-0.2, -0.15) is 5.26 Å². The molecular formula is C11H12N2O. The van der Waals surface area contributed by atoms with Gasteiger partial charge in [-0.05, 0) is 36.5 Å². The fourth-order valence-corrected chi connectivity index (χ4v) is 1.25. The molecule has 0 saturated heterocycles. The predicted molar refractivity (Wildman–Crippen MR) is 51.3 cm³/mol. The number of rotatable bonds is 4. The van der Waals surface area contributed by atoms with Crippen LogP contribution in [0.15, 0.2) is 18.3 Å². The highest BCUT2D eigenvalue weighted by Crippen LogP contribution is 2.29. The lowest BCUT2D eigenvalue weighted by Gasteiger charge is -2.02. The Bertz CT molecular complexity index is 353. The highest BCUT2D eigenvalue weighted by Gasteiger charge is 2.20. The number of nitriles is 1. The summed E-state index contributed by atoms with van der Waals surface area (Å²) < 4.78 is 5.51. The number of hydrogen-bond acceptors (Lipinski definition) is 3. The second-order valence-electron chi connectivity index (χ2n) is 3.62. The van der Waals surface area contributed by atoms with Gasteiger partial charge < -0.3 is 4.74 Å². The monoisotopic (exact) mass is 188 g/mol. The van der Waals surface area contributed by atoms with Crippen LogP contribution in [0.4, 0.5) is 0 Å². The topological polar surface area (TPSA) is 45.9 Å². The minimum Gasteiger partial charge on any atom is -0.376 e. The molecule has 1 aliphatic carbocycles. The quantitative estimate of drug-likeness (QED) is 0.724. The molecule has 1 aliphatic rings. The van der Waals surface area contributed by atoms with E-state index in [1.54, 1.807) is 12.3 Å². The summed E-state index contributed by atoms with van der Waals surface area (Å²) >= 11 is 0. The Kier molecular flexibility index (Phi) is 2.76. The highest BCUT2D eigenvalue weighted by molar-refractivity contribution is 5.24. The Morgan fingerprint density at radius 2 is 2.43 bits per heavy atom. The Hall–Kier alpha value is -1.40. The third kappa shape index (κ3) is 2.54. The summed E-state index contributed by atoms with van der Waals surface area (Å²) in [5.74, 6) is 0.785. The molecule has 0 amide bonds. The molecule has 1 saturated carbocycles. The fourth-order valence-electron chi connectivity index (χ4n) is 1.25. The minimum atomic E-state index is 0.456. The van der Waals surface area contributed by atoms with Crippen LogP contribution in [-0.4, -0.2) is 11.6 Å². The molecule has 3 heteroatoms. The van der Waals surface area contributed by atoms with Crippen molar-refractivity contribution in [2.24, 2.45) is 5.92 Å². The minimum absolute atomic E-state index is 0.456. The average molecular weight is 188 g/mol. The number of ether oxygens (including phenoxy) is 1. The van der Waals surface area contributed by atoms with Gasteiger partial charge in [0.25, 0.3) is 0 Å². The van der Waals surface area contributed by atoms with Gasteiger partial charge in [0.1, 0.15) is 11.8 Å². The van der Waals surface area contributed by atoms with E-state index in [-0.39, 0.29) is 0 Å². The molecule has 0 bridgehead atoms. The molecule has 0 atom stereocenters. The van der Waals surface area contributed by atoms with Crippen LogP contribution in [0.3, 0.4) is 0 Å². The van der Waals surface area contributed by atoms with Crippen LogP contribution in [-0.2, 0) is 11.3 Å². The van der Waals surface area contributed by atoms with E-state index >= 15 is 0 Å². The van der Waals surface area contributed by atoms with E-state index in [9.17, 15) is 0 Å². The summed E-state index contributed by atoms with van der Waals surface area (Å²) in [4.78, 5) is 3.90. The van der Waals surface area contributed by atoms with Crippen LogP contribution in [0.5, 0.6) is 0 Å². The lowest BCUT2D eigenvalue weighted by Crippen LogP contribution is -1.97. The van der Waals surface area contributed by atoms with E-state index in [0.717, 1.165) is 18.1 Å². The first-order valence-electron chi connectivity index (χ1n) is 4.81. The standard InChI is InChI=1S/C11H12N2O/c12-6-11-5-10(3-4-13-11)8-14-7-9-1-2-9/h3-5,9H,1-2,7-8H2. The number of pyridine rings is 1. The summed E-state index contributed by atoms with van der Waals surface area (Å²) in [6, 6.07) is 5.67. The molecule has 0 radical (unpaired) electrons. The van der Waals surface area contributed by atoms with Crippen molar-refractivity contribution in [1.82, 2.24) is 4.98 Å². The third-order valence-corrected chi connectivity index (χ3v) is 2.26. The molecule has 0 unspecified atom stereocenters. The van der Waals surface area contributed by atoms with E-state index in [0.29, 0.717) is 12.3 Å². The third-order valence-electron chi connectivity index (χ3n) is 2.26. The highest BCUT2D eigenvalue weighted by atomic mass is 16.5. The largest absolute Gasteiger partial charge is 0.376 e. The van der Waals surface area contributed by atoms with E-state index in [1.807, 2.05) is 12.1 Å². The summed E-state index contributed by atoms with van der Waals surface area (Å²) in [5.41, 5.74) is 1.48. The molecule has 14 heavy (non-hydrogen) atoms. The Morgan fingerprint density at radius 1 is 1.57 bits per heavy atom. The van der Waals surface area contributed by atoms with Gasteiger partial charge in [0.05, 0.1) is 6.61 Å². The van der Waals surface area contributed by atoms with Crippen molar-refractivity contribution >= 4 is 0 Å². The summed E-state index contributed by atoms with van der Waals surface area (Å²) in [6.45, 7) is 1.44. The summed E-state index contributed by atoms with van der Waals surface area (Å²) in [6.07, 6.45) is 4.26. The summed E-state index contributed by atoms with van der Waals surface area (Å²) in [7, 11) is 0. The van der Waals surface area contributed by atoms with Crippen molar-refractivity contribution in [3.63, 3.8) is 0 Å². The van der Waals surface area contributed by atoms with Gasteiger partial charge in [-0.25, -0.2) is 4.98 Å². The van der Waals surface area contributed by atoms with Crippen LogP contribution in [0.1, 0.15) is 24.1 Å². The van der Waals surface area contributed by atoms with E-state index < -0.39 is 0 Å². The zero-order valence-corrected chi connectivity index (χ0v) is 7.94. The molecule has 0 spiro atoms. The molecule has 0 N–H and O–H groups in total. The van der Waals surface area contributed by atoms with Crippen LogP contribution in [0.25, 0.3) is 0 Å². The second kappa shape index (κ2) is 4.21. The Balaban J connectivity index is 1.85. The van der Waals surface area contributed by atoms with Crippen molar-refractivity contribution in [1.29, 1.82) is 5.26 Å². The molecule has 1 aromatic heterocycles. The maximum atomic E-state index is 8.63. The zero-order valence-electron chi connectivity index (χ0n) is 7.94. The molecule has 2 rings (SSSR count).